The third-order valence-electron chi connectivity index (χ3n) is 2.54. The maximum atomic E-state index is 11.9. The molecule has 8 heteroatoms. The Morgan fingerprint density at radius 2 is 2.19 bits per heavy atom. The predicted molar refractivity (Wildman–Crippen MR) is 88.8 cm³/mol. The van der Waals surface area contributed by atoms with Crippen LogP contribution < -0.4 is 10.6 Å². The van der Waals surface area contributed by atoms with Gasteiger partial charge in [-0.05, 0) is 47.7 Å². The van der Waals surface area contributed by atoms with E-state index in [2.05, 4.69) is 38.2 Å². The van der Waals surface area contributed by atoms with Gasteiger partial charge in [0.05, 0.1) is 6.04 Å². The van der Waals surface area contributed by atoms with Crippen molar-refractivity contribution in [2.24, 2.45) is 0 Å². The molecular weight excluding hydrogens is 405 g/mol. The average molecular weight is 417 g/mol. The van der Waals surface area contributed by atoms with Crippen LogP contribution >= 0.6 is 33.9 Å². The molecule has 0 bridgehead atoms. The van der Waals surface area contributed by atoms with Gasteiger partial charge in [-0.2, -0.15) is 0 Å². The summed E-state index contributed by atoms with van der Waals surface area (Å²) >= 11 is 3.36. The van der Waals surface area contributed by atoms with Crippen LogP contribution in [-0.4, -0.2) is 22.1 Å². The molecule has 1 unspecified atom stereocenters. The third kappa shape index (κ3) is 4.39. The lowest BCUT2D eigenvalue weighted by atomic mass is 10.3. The van der Waals surface area contributed by atoms with Crippen molar-refractivity contribution in [3.05, 3.63) is 43.9 Å². The summed E-state index contributed by atoms with van der Waals surface area (Å²) in [5.74, 6) is -1.08. The summed E-state index contributed by atoms with van der Waals surface area (Å²) in [6, 6.07) is 6.67. The van der Waals surface area contributed by atoms with Gasteiger partial charge in [-0.3, -0.25) is 0 Å². The number of hydrogen-bond acceptors (Lipinski definition) is 4. The van der Waals surface area contributed by atoms with E-state index in [1.165, 1.54) is 16.7 Å². The SMILES string of the molecule is CC(NC(=O)Nc1cccc(I)c1)c1nc(C(=O)O)cs1. The molecule has 2 rings (SSSR count). The topological polar surface area (TPSA) is 91.3 Å². The van der Waals surface area contributed by atoms with Crippen molar-refractivity contribution in [2.75, 3.05) is 5.32 Å². The number of halogens is 1. The molecule has 0 spiro atoms. The van der Waals surface area contributed by atoms with Crippen LogP contribution in [0, 0.1) is 3.57 Å². The third-order valence-corrected chi connectivity index (χ3v) is 4.24. The second kappa shape index (κ2) is 6.85. The van der Waals surface area contributed by atoms with Gasteiger partial charge in [0.15, 0.2) is 5.69 Å². The van der Waals surface area contributed by atoms with Crippen LogP contribution in [-0.2, 0) is 0 Å². The van der Waals surface area contributed by atoms with Gasteiger partial charge < -0.3 is 15.7 Å². The first kappa shape index (κ1) is 15.7. The number of hydrogen-bond donors (Lipinski definition) is 3. The van der Waals surface area contributed by atoms with Crippen molar-refractivity contribution in [3.8, 4) is 0 Å². The Morgan fingerprint density at radius 3 is 2.81 bits per heavy atom. The smallest absolute Gasteiger partial charge is 0.355 e. The van der Waals surface area contributed by atoms with Crippen LogP contribution in [0.25, 0.3) is 0 Å². The molecule has 2 amide bonds. The minimum Gasteiger partial charge on any atom is -0.476 e. The predicted octanol–water partition coefficient (Wildman–Crippen LogP) is 3.33. The summed E-state index contributed by atoms with van der Waals surface area (Å²) in [5.41, 5.74) is 0.679. The molecule has 21 heavy (non-hydrogen) atoms. The minimum atomic E-state index is -1.08. The molecule has 110 valence electrons. The fraction of sp³-hybridized carbons (Fsp3) is 0.154. The van der Waals surface area contributed by atoms with Crippen molar-refractivity contribution in [3.63, 3.8) is 0 Å². The van der Waals surface area contributed by atoms with Crippen molar-refractivity contribution >= 4 is 51.6 Å². The number of aromatic carboxylic acids is 1. The van der Waals surface area contributed by atoms with Crippen LogP contribution in [0.4, 0.5) is 10.5 Å². The quantitative estimate of drug-likeness (QED) is 0.666. The Labute approximate surface area is 138 Å². The highest BCUT2D eigenvalue weighted by atomic mass is 127. The van der Waals surface area contributed by atoms with Gasteiger partial charge in [0.25, 0.3) is 0 Å². The van der Waals surface area contributed by atoms with Gasteiger partial charge in [-0.1, -0.05) is 6.07 Å². The highest BCUT2D eigenvalue weighted by Crippen LogP contribution is 2.18. The molecule has 0 radical (unpaired) electrons. The summed E-state index contributed by atoms with van der Waals surface area (Å²) in [6.07, 6.45) is 0. The van der Waals surface area contributed by atoms with E-state index in [0.717, 1.165) is 3.57 Å². The summed E-state index contributed by atoms with van der Waals surface area (Å²) in [7, 11) is 0. The maximum absolute atomic E-state index is 11.9. The highest BCUT2D eigenvalue weighted by Gasteiger charge is 2.15. The molecule has 1 aromatic heterocycles. The van der Waals surface area contributed by atoms with E-state index in [1.807, 2.05) is 18.2 Å². The molecular formula is C13H12IN3O3S. The number of benzene rings is 1. The lowest BCUT2D eigenvalue weighted by Crippen LogP contribution is -2.31. The van der Waals surface area contributed by atoms with Crippen LogP contribution in [0.15, 0.2) is 29.6 Å². The summed E-state index contributed by atoms with van der Waals surface area (Å²) in [4.78, 5) is 26.6. The minimum absolute atomic E-state index is 0.0123. The van der Waals surface area contributed by atoms with Crippen LogP contribution in [0.1, 0.15) is 28.5 Å². The van der Waals surface area contributed by atoms with Gasteiger partial charge in [0.1, 0.15) is 5.01 Å². The number of rotatable bonds is 4. The molecule has 0 saturated heterocycles. The standard InChI is InChI=1S/C13H12IN3O3S/c1-7(11-17-10(6-21-11)12(18)19)15-13(20)16-9-4-2-3-8(14)5-9/h2-7H,1H3,(H,18,19)(H2,15,16,20). The molecule has 1 atom stereocenters. The number of urea groups is 1. The van der Waals surface area contributed by atoms with Crippen molar-refractivity contribution in [1.82, 2.24) is 10.3 Å². The van der Waals surface area contributed by atoms with E-state index in [-0.39, 0.29) is 17.8 Å². The normalized spacial score (nSPS) is 11.7. The second-order valence-corrected chi connectivity index (χ2v) is 6.34. The first-order valence-electron chi connectivity index (χ1n) is 5.97. The molecule has 0 aliphatic rings. The van der Waals surface area contributed by atoms with E-state index in [9.17, 15) is 9.59 Å². The molecule has 2 aromatic rings. The Bertz CT molecular complexity index is 674. The molecule has 1 aromatic carbocycles. The largest absolute Gasteiger partial charge is 0.476 e. The number of carboxylic acids is 1. The number of anilines is 1. The van der Waals surface area contributed by atoms with Crippen molar-refractivity contribution < 1.29 is 14.7 Å². The van der Waals surface area contributed by atoms with E-state index in [4.69, 9.17) is 5.11 Å². The highest BCUT2D eigenvalue weighted by molar-refractivity contribution is 14.1. The summed E-state index contributed by atoms with van der Waals surface area (Å²) < 4.78 is 1.02. The number of carbonyl (C=O) groups is 2. The molecule has 6 nitrogen and oxygen atoms in total. The summed E-state index contributed by atoms with van der Waals surface area (Å²) in [6.45, 7) is 1.75. The first-order valence-corrected chi connectivity index (χ1v) is 7.93. The van der Waals surface area contributed by atoms with E-state index >= 15 is 0 Å². The van der Waals surface area contributed by atoms with Crippen molar-refractivity contribution in [1.29, 1.82) is 0 Å². The molecule has 0 aliphatic heterocycles. The Morgan fingerprint density at radius 1 is 1.43 bits per heavy atom. The zero-order chi connectivity index (χ0) is 15.4. The average Bonchev–Trinajstić information content (AvgIpc) is 2.88. The lowest BCUT2D eigenvalue weighted by Gasteiger charge is -2.12. The van der Waals surface area contributed by atoms with Gasteiger partial charge >= 0.3 is 12.0 Å². The van der Waals surface area contributed by atoms with Gasteiger partial charge in [-0.25, -0.2) is 14.6 Å². The molecule has 3 N–H and O–H groups in total. The fourth-order valence-corrected chi connectivity index (χ4v) is 2.92. The Balaban J connectivity index is 1.96. The summed E-state index contributed by atoms with van der Waals surface area (Å²) in [5, 5.41) is 16.3. The maximum Gasteiger partial charge on any atom is 0.355 e. The second-order valence-electron chi connectivity index (χ2n) is 4.21. The van der Waals surface area contributed by atoms with Crippen LogP contribution in [0.3, 0.4) is 0 Å². The zero-order valence-corrected chi connectivity index (χ0v) is 13.9. The number of aromatic nitrogens is 1. The molecule has 0 fully saturated rings. The number of nitrogens with one attached hydrogen (secondary N) is 2. The van der Waals surface area contributed by atoms with Gasteiger partial charge in [0.2, 0.25) is 0 Å². The van der Waals surface area contributed by atoms with E-state index < -0.39 is 5.97 Å². The number of carboxylic acid groups (broad SMARTS) is 1. The fourth-order valence-electron chi connectivity index (χ4n) is 1.58. The Hall–Kier alpha value is -1.68. The number of amides is 2. The first-order chi connectivity index (χ1) is 9.95. The monoisotopic (exact) mass is 417 g/mol. The van der Waals surface area contributed by atoms with Gasteiger partial charge in [0, 0.05) is 14.6 Å². The Kier molecular flexibility index (Phi) is 5.12. The van der Waals surface area contributed by atoms with Crippen LogP contribution in [0.2, 0.25) is 0 Å². The van der Waals surface area contributed by atoms with Crippen molar-refractivity contribution in [2.45, 2.75) is 13.0 Å². The van der Waals surface area contributed by atoms with E-state index in [1.54, 1.807) is 13.0 Å². The zero-order valence-electron chi connectivity index (χ0n) is 11.0. The molecule has 1 heterocycles. The number of nitrogens with zero attached hydrogens (tertiary/aromatic N) is 1. The lowest BCUT2D eigenvalue weighted by molar-refractivity contribution is 0.0691. The number of carbonyl (C=O) groups excluding carboxylic acids is 1. The number of thiazole rings is 1. The van der Waals surface area contributed by atoms with E-state index in [0.29, 0.717) is 10.7 Å². The molecule has 0 aliphatic carbocycles. The van der Waals surface area contributed by atoms with Crippen LogP contribution in [0.5, 0.6) is 0 Å². The molecule has 0 saturated carbocycles. The van der Waals surface area contributed by atoms with Gasteiger partial charge in [-0.15, -0.1) is 11.3 Å².